The predicted octanol–water partition coefficient (Wildman–Crippen LogP) is -0.188. The fourth-order valence-corrected chi connectivity index (χ4v) is 1.47. The molecule has 7 heteroatoms. The lowest BCUT2D eigenvalue weighted by Crippen LogP contribution is -2.22. The molecule has 0 fully saturated rings. The van der Waals surface area contributed by atoms with Crippen LogP contribution in [0.3, 0.4) is 0 Å². The van der Waals surface area contributed by atoms with Crippen LogP contribution in [0, 0.1) is 0 Å². The van der Waals surface area contributed by atoms with Crippen LogP contribution in [0.25, 0.3) is 5.65 Å². The summed E-state index contributed by atoms with van der Waals surface area (Å²) in [5.74, 6) is -0.0475. The van der Waals surface area contributed by atoms with Crippen LogP contribution in [0.2, 0.25) is 0 Å². The molecule has 0 aliphatic rings. The lowest BCUT2D eigenvalue weighted by molar-refractivity contribution is -0.118. The van der Waals surface area contributed by atoms with Crippen molar-refractivity contribution in [3.8, 4) is 6.01 Å². The Bertz CT molecular complexity index is 536. The first kappa shape index (κ1) is 11.3. The van der Waals surface area contributed by atoms with E-state index in [1.165, 1.54) is 14.0 Å². The van der Waals surface area contributed by atoms with Crippen molar-refractivity contribution < 1.29 is 9.53 Å². The van der Waals surface area contributed by atoms with Gasteiger partial charge < -0.3 is 10.1 Å². The fourth-order valence-electron chi connectivity index (χ4n) is 1.47. The minimum atomic E-state index is -0.0475. The van der Waals surface area contributed by atoms with Crippen molar-refractivity contribution >= 4 is 11.6 Å². The van der Waals surface area contributed by atoms with Gasteiger partial charge in [0.1, 0.15) is 6.33 Å². The number of amides is 1. The van der Waals surface area contributed by atoms with E-state index in [1.807, 2.05) is 0 Å². The number of carbonyl (C=O) groups excluding carboxylic acids is 1. The van der Waals surface area contributed by atoms with E-state index in [0.29, 0.717) is 24.6 Å². The maximum Gasteiger partial charge on any atom is 0.319 e. The number of hydrogen-bond donors (Lipinski definition) is 1. The van der Waals surface area contributed by atoms with Crippen LogP contribution in [0.15, 0.2) is 12.5 Å². The second kappa shape index (κ2) is 4.77. The summed E-state index contributed by atoms with van der Waals surface area (Å²) in [5.41, 5.74) is 1.64. The monoisotopic (exact) mass is 235 g/mol. The van der Waals surface area contributed by atoms with Crippen LogP contribution < -0.4 is 10.1 Å². The maximum absolute atomic E-state index is 10.8. The van der Waals surface area contributed by atoms with Gasteiger partial charge >= 0.3 is 6.01 Å². The predicted molar refractivity (Wildman–Crippen MR) is 59.7 cm³/mol. The van der Waals surface area contributed by atoms with Crippen LogP contribution >= 0.6 is 0 Å². The molecule has 0 aliphatic heterocycles. The van der Waals surface area contributed by atoms with Crippen molar-refractivity contribution in [2.24, 2.45) is 0 Å². The van der Waals surface area contributed by atoms with Gasteiger partial charge in [-0.15, -0.1) is 0 Å². The molecule has 0 saturated heterocycles. The second-order valence-corrected chi connectivity index (χ2v) is 3.51. The van der Waals surface area contributed by atoms with E-state index in [0.717, 1.165) is 5.56 Å². The molecule has 2 heterocycles. The van der Waals surface area contributed by atoms with Gasteiger partial charge in [-0.2, -0.15) is 15.1 Å². The SMILES string of the molecule is COc1ncn2ncc(CCNC(C)=O)c2n1. The number of rotatable bonds is 4. The lowest BCUT2D eigenvalue weighted by atomic mass is 10.2. The summed E-state index contributed by atoms with van der Waals surface area (Å²) in [5, 5.41) is 6.84. The molecule has 90 valence electrons. The molecule has 2 rings (SSSR count). The van der Waals surface area contributed by atoms with Gasteiger partial charge in [0, 0.05) is 19.0 Å². The summed E-state index contributed by atoms with van der Waals surface area (Å²) in [7, 11) is 1.51. The Morgan fingerprint density at radius 3 is 3.12 bits per heavy atom. The molecule has 1 amide bonds. The number of nitrogens with zero attached hydrogens (tertiary/aromatic N) is 4. The smallest absolute Gasteiger partial charge is 0.319 e. The van der Waals surface area contributed by atoms with Gasteiger partial charge in [-0.25, -0.2) is 4.52 Å². The quantitative estimate of drug-likeness (QED) is 0.794. The highest BCUT2D eigenvalue weighted by atomic mass is 16.5. The molecular formula is C10H13N5O2. The third-order valence-electron chi connectivity index (χ3n) is 2.27. The Hall–Kier alpha value is -2.18. The van der Waals surface area contributed by atoms with Gasteiger partial charge in [0.05, 0.1) is 13.3 Å². The Balaban J connectivity index is 2.19. The molecule has 0 aliphatic carbocycles. The van der Waals surface area contributed by atoms with E-state index < -0.39 is 0 Å². The van der Waals surface area contributed by atoms with Gasteiger partial charge in [0.15, 0.2) is 5.65 Å². The highest BCUT2D eigenvalue weighted by Crippen LogP contribution is 2.10. The van der Waals surface area contributed by atoms with Crippen molar-refractivity contribution in [1.82, 2.24) is 24.9 Å². The summed E-state index contributed by atoms with van der Waals surface area (Å²) in [6.45, 7) is 2.05. The van der Waals surface area contributed by atoms with Crippen LogP contribution in [0.1, 0.15) is 12.5 Å². The summed E-state index contributed by atoms with van der Waals surface area (Å²) in [4.78, 5) is 18.9. The second-order valence-electron chi connectivity index (χ2n) is 3.51. The maximum atomic E-state index is 10.8. The standard InChI is InChI=1S/C10H13N5O2/c1-7(16)11-4-3-8-5-13-15-6-12-10(17-2)14-9(8)15/h5-6H,3-4H2,1-2H3,(H,11,16). The van der Waals surface area contributed by atoms with Crippen LogP contribution in [-0.4, -0.2) is 39.1 Å². The first-order valence-electron chi connectivity index (χ1n) is 5.18. The Morgan fingerprint density at radius 1 is 1.59 bits per heavy atom. The number of methoxy groups -OCH3 is 1. The Labute approximate surface area is 97.8 Å². The highest BCUT2D eigenvalue weighted by Gasteiger charge is 2.07. The first-order chi connectivity index (χ1) is 8.20. The number of ether oxygens (including phenoxy) is 1. The molecule has 0 saturated carbocycles. The molecule has 7 nitrogen and oxygen atoms in total. The van der Waals surface area contributed by atoms with E-state index in [9.17, 15) is 4.79 Å². The van der Waals surface area contributed by atoms with Crippen molar-refractivity contribution in [2.45, 2.75) is 13.3 Å². The largest absolute Gasteiger partial charge is 0.467 e. The number of hydrogen-bond acceptors (Lipinski definition) is 5. The third kappa shape index (κ3) is 2.49. The molecular weight excluding hydrogens is 222 g/mol. The third-order valence-corrected chi connectivity index (χ3v) is 2.27. The molecule has 0 bridgehead atoms. The van der Waals surface area contributed by atoms with Crippen molar-refractivity contribution in [2.75, 3.05) is 13.7 Å². The summed E-state index contributed by atoms with van der Waals surface area (Å²) < 4.78 is 6.53. The van der Waals surface area contributed by atoms with E-state index in [1.54, 1.807) is 17.0 Å². The molecule has 0 radical (unpaired) electrons. The average Bonchev–Trinajstić information content (AvgIpc) is 2.71. The minimum Gasteiger partial charge on any atom is -0.467 e. The van der Waals surface area contributed by atoms with Crippen LogP contribution in [0.5, 0.6) is 6.01 Å². The number of fused-ring (bicyclic) bond motifs is 1. The number of aromatic nitrogens is 4. The summed E-state index contributed by atoms with van der Waals surface area (Å²) in [6, 6.07) is 0.304. The first-order valence-corrected chi connectivity index (χ1v) is 5.18. The van der Waals surface area contributed by atoms with Crippen molar-refractivity contribution in [3.63, 3.8) is 0 Å². The molecule has 0 aromatic carbocycles. The Morgan fingerprint density at radius 2 is 2.41 bits per heavy atom. The molecule has 2 aromatic rings. The van der Waals surface area contributed by atoms with Crippen LogP contribution in [-0.2, 0) is 11.2 Å². The Kier molecular flexibility index (Phi) is 3.17. The lowest BCUT2D eigenvalue weighted by Gasteiger charge is -2.01. The molecule has 0 atom stereocenters. The number of nitrogens with one attached hydrogen (secondary N) is 1. The summed E-state index contributed by atoms with van der Waals surface area (Å²) >= 11 is 0. The topological polar surface area (TPSA) is 81.4 Å². The molecule has 0 spiro atoms. The van der Waals surface area contributed by atoms with Gasteiger partial charge in [-0.05, 0) is 6.42 Å². The van der Waals surface area contributed by atoms with Gasteiger partial charge in [0.25, 0.3) is 0 Å². The van der Waals surface area contributed by atoms with Gasteiger partial charge in [0.2, 0.25) is 5.91 Å². The van der Waals surface area contributed by atoms with Crippen molar-refractivity contribution in [3.05, 3.63) is 18.1 Å². The van der Waals surface area contributed by atoms with Gasteiger partial charge in [-0.3, -0.25) is 4.79 Å². The normalized spacial score (nSPS) is 10.5. The summed E-state index contributed by atoms with van der Waals surface area (Å²) in [6.07, 6.45) is 3.93. The zero-order valence-electron chi connectivity index (χ0n) is 9.67. The number of carbonyl (C=O) groups is 1. The molecule has 1 N–H and O–H groups in total. The van der Waals surface area contributed by atoms with Gasteiger partial charge in [-0.1, -0.05) is 0 Å². The van der Waals surface area contributed by atoms with E-state index in [4.69, 9.17) is 4.74 Å². The minimum absolute atomic E-state index is 0.0475. The van der Waals surface area contributed by atoms with E-state index in [-0.39, 0.29) is 5.91 Å². The average molecular weight is 235 g/mol. The van der Waals surface area contributed by atoms with E-state index in [2.05, 4.69) is 20.4 Å². The zero-order valence-corrected chi connectivity index (χ0v) is 9.67. The van der Waals surface area contributed by atoms with E-state index >= 15 is 0 Å². The molecule has 2 aromatic heterocycles. The van der Waals surface area contributed by atoms with Crippen LogP contribution in [0.4, 0.5) is 0 Å². The highest BCUT2D eigenvalue weighted by molar-refractivity contribution is 5.72. The zero-order chi connectivity index (χ0) is 12.3. The molecule has 17 heavy (non-hydrogen) atoms. The van der Waals surface area contributed by atoms with Crippen molar-refractivity contribution in [1.29, 1.82) is 0 Å². The molecule has 0 unspecified atom stereocenters. The fraction of sp³-hybridized carbons (Fsp3) is 0.400.